The number of hydrogen-bond donors (Lipinski definition) is 1. The number of amides is 1. The first-order valence-corrected chi connectivity index (χ1v) is 7.02. The number of aromatic nitrogens is 2. The van der Waals surface area contributed by atoms with E-state index in [2.05, 4.69) is 10.4 Å². The van der Waals surface area contributed by atoms with Crippen molar-refractivity contribution in [1.29, 1.82) is 0 Å². The average molecular weight is 287 g/mol. The van der Waals surface area contributed by atoms with Gasteiger partial charge < -0.3 is 10.1 Å². The number of hydrogen-bond acceptors (Lipinski definition) is 4. The summed E-state index contributed by atoms with van der Waals surface area (Å²) in [4.78, 5) is 24.4. The summed E-state index contributed by atoms with van der Waals surface area (Å²) in [6.45, 7) is 1.22. The lowest BCUT2D eigenvalue weighted by Gasteiger charge is -2.12. The second kappa shape index (κ2) is 5.65. The van der Waals surface area contributed by atoms with Crippen LogP contribution in [0.25, 0.3) is 10.8 Å². The minimum absolute atomic E-state index is 0.0766. The first-order chi connectivity index (χ1) is 10.2. The van der Waals surface area contributed by atoms with Crippen molar-refractivity contribution in [2.45, 2.75) is 18.9 Å². The highest BCUT2D eigenvalue weighted by molar-refractivity contribution is 6.04. The van der Waals surface area contributed by atoms with Crippen molar-refractivity contribution in [2.75, 3.05) is 13.2 Å². The monoisotopic (exact) mass is 287 g/mol. The number of carbonyl (C=O) groups excluding carboxylic acids is 1. The van der Waals surface area contributed by atoms with Crippen LogP contribution in [0, 0.1) is 0 Å². The topological polar surface area (TPSA) is 73.2 Å². The summed E-state index contributed by atoms with van der Waals surface area (Å²) < 4.78 is 6.68. The molecule has 0 aliphatic carbocycles. The third-order valence-corrected chi connectivity index (χ3v) is 3.69. The molecule has 6 heteroatoms. The van der Waals surface area contributed by atoms with Gasteiger partial charge in [-0.1, -0.05) is 18.2 Å². The molecule has 0 unspecified atom stereocenters. The minimum atomic E-state index is -0.280. The van der Waals surface area contributed by atoms with Crippen LogP contribution < -0.4 is 10.9 Å². The Morgan fingerprint density at radius 3 is 2.90 bits per heavy atom. The molecule has 0 spiro atoms. The molecule has 1 atom stereocenters. The molecular weight excluding hydrogens is 270 g/mol. The van der Waals surface area contributed by atoms with E-state index in [0.29, 0.717) is 17.3 Å². The maximum Gasteiger partial charge on any atom is 0.274 e. The molecule has 110 valence electrons. The predicted octanol–water partition coefficient (Wildman–Crippen LogP) is 0.842. The Morgan fingerprint density at radius 1 is 1.43 bits per heavy atom. The van der Waals surface area contributed by atoms with Crippen molar-refractivity contribution < 1.29 is 9.53 Å². The predicted molar refractivity (Wildman–Crippen MR) is 78.3 cm³/mol. The van der Waals surface area contributed by atoms with Gasteiger partial charge >= 0.3 is 0 Å². The first kappa shape index (κ1) is 13.8. The second-order valence-corrected chi connectivity index (χ2v) is 5.17. The maximum atomic E-state index is 12.3. The maximum absolute atomic E-state index is 12.3. The van der Waals surface area contributed by atoms with E-state index in [1.165, 1.54) is 4.68 Å². The molecule has 1 aromatic heterocycles. The van der Waals surface area contributed by atoms with E-state index >= 15 is 0 Å². The summed E-state index contributed by atoms with van der Waals surface area (Å²) in [7, 11) is 1.55. The number of benzene rings is 1. The van der Waals surface area contributed by atoms with Gasteiger partial charge in [-0.3, -0.25) is 9.59 Å². The van der Waals surface area contributed by atoms with Gasteiger partial charge in [0.15, 0.2) is 5.69 Å². The molecule has 1 aliphatic rings. The Morgan fingerprint density at radius 2 is 2.19 bits per heavy atom. The van der Waals surface area contributed by atoms with E-state index in [-0.39, 0.29) is 23.3 Å². The highest BCUT2D eigenvalue weighted by Crippen LogP contribution is 2.14. The zero-order chi connectivity index (χ0) is 14.8. The molecule has 1 aromatic carbocycles. The van der Waals surface area contributed by atoms with Gasteiger partial charge in [-0.15, -0.1) is 0 Å². The van der Waals surface area contributed by atoms with Gasteiger partial charge in [0.05, 0.1) is 11.5 Å². The number of ether oxygens (including phenoxy) is 1. The molecular formula is C15H17N3O3. The van der Waals surface area contributed by atoms with Gasteiger partial charge in [-0.05, 0) is 18.9 Å². The Hall–Kier alpha value is -2.21. The van der Waals surface area contributed by atoms with E-state index in [0.717, 1.165) is 19.4 Å². The Kier molecular flexibility index (Phi) is 3.70. The van der Waals surface area contributed by atoms with E-state index in [1.54, 1.807) is 31.3 Å². The van der Waals surface area contributed by atoms with E-state index in [1.807, 2.05) is 0 Å². The van der Waals surface area contributed by atoms with Gasteiger partial charge in [-0.25, -0.2) is 4.68 Å². The fourth-order valence-corrected chi connectivity index (χ4v) is 2.56. The normalized spacial score (nSPS) is 18.0. The van der Waals surface area contributed by atoms with Gasteiger partial charge in [0.25, 0.3) is 11.5 Å². The molecule has 1 fully saturated rings. The summed E-state index contributed by atoms with van der Waals surface area (Å²) in [5.74, 6) is -0.280. The van der Waals surface area contributed by atoms with Crippen LogP contribution in [0.1, 0.15) is 23.3 Å². The van der Waals surface area contributed by atoms with Crippen molar-refractivity contribution in [3.8, 4) is 0 Å². The van der Waals surface area contributed by atoms with E-state index < -0.39 is 0 Å². The quantitative estimate of drug-likeness (QED) is 0.908. The number of nitrogens with one attached hydrogen (secondary N) is 1. The molecule has 3 rings (SSSR count). The zero-order valence-corrected chi connectivity index (χ0v) is 11.8. The van der Waals surface area contributed by atoms with Gasteiger partial charge in [0.1, 0.15) is 0 Å². The number of rotatable bonds is 3. The average Bonchev–Trinajstić information content (AvgIpc) is 3.02. The lowest BCUT2D eigenvalue weighted by Crippen LogP contribution is -2.34. The fraction of sp³-hybridized carbons (Fsp3) is 0.400. The lowest BCUT2D eigenvalue weighted by atomic mass is 10.1. The highest BCUT2D eigenvalue weighted by Gasteiger charge is 2.19. The Bertz CT molecular complexity index is 733. The van der Waals surface area contributed by atoms with Crippen LogP contribution in [-0.2, 0) is 11.8 Å². The molecule has 21 heavy (non-hydrogen) atoms. The standard InChI is InChI=1S/C15H17N3O3/c1-18-15(20)12-7-3-2-6-11(12)13(17-18)14(19)16-9-10-5-4-8-21-10/h2-3,6-7,10H,4-5,8-9H2,1H3,(H,16,19)/t10-/m1/s1. The largest absolute Gasteiger partial charge is 0.376 e. The number of nitrogens with zero attached hydrogens (tertiary/aromatic N) is 2. The number of aryl methyl sites for hydroxylation is 1. The summed E-state index contributed by atoms with van der Waals surface area (Å²) in [6.07, 6.45) is 2.07. The first-order valence-electron chi connectivity index (χ1n) is 7.02. The van der Waals surface area contributed by atoms with Crippen LogP contribution in [0.2, 0.25) is 0 Å². The molecule has 1 amide bonds. The zero-order valence-electron chi connectivity index (χ0n) is 11.8. The SMILES string of the molecule is Cn1nc(C(=O)NC[C@H]2CCCO2)c2ccccc2c1=O. The van der Waals surface area contributed by atoms with Crippen LogP contribution >= 0.6 is 0 Å². The molecule has 1 saturated heterocycles. The third kappa shape index (κ3) is 2.67. The molecule has 0 bridgehead atoms. The fourth-order valence-electron chi connectivity index (χ4n) is 2.56. The summed E-state index contributed by atoms with van der Waals surface area (Å²) >= 11 is 0. The molecule has 6 nitrogen and oxygen atoms in total. The van der Waals surface area contributed by atoms with Crippen molar-refractivity contribution in [1.82, 2.24) is 15.1 Å². The van der Waals surface area contributed by atoms with Crippen molar-refractivity contribution in [3.63, 3.8) is 0 Å². The van der Waals surface area contributed by atoms with E-state index in [9.17, 15) is 9.59 Å². The molecule has 0 radical (unpaired) electrons. The Labute approximate surface area is 121 Å². The van der Waals surface area contributed by atoms with Crippen molar-refractivity contribution >= 4 is 16.7 Å². The lowest BCUT2D eigenvalue weighted by molar-refractivity contribution is 0.0853. The highest BCUT2D eigenvalue weighted by atomic mass is 16.5. The molecule has 0 saturated carbocycles. The van der Waals surface area contributed by atoms with Crippen molar-refractivity contribution in [2.24, 2.45) is 7.05 Å². The minimum Gasteiger partial charge on any atom is -0.376 e. The van der Waals surface area contributed by atoms with Gasteiger partial charge in [-0.2, -0.15) is 5.10 Å². The van der Waals surface area contributed by atoms with E-state index in [4.69, 9.17) is 4.74 Å². The summed E-state index contributed by atoms with van der Waals surface area (Å²) in [5, 5.41) is 8.01. The molecule has 1 aliphatic heterocycles. The molecule has 1 N–H and O–H groups in total. The van der Waals surface area contributed by atoms with Gasteiger partial charge in [0, 0.05) is 25.6 Å². The second-order valence-electron chi connectivity index (χ2n) is 5.17. The number of fused-ring (bicyclic) bond motifs is 1. The molecule has 2 aromatic rings. The summed E-state index contributed by atoms with van der Waals surface area (Å²) in [6, 6.07) is 7.01. The number of carbonyl (C=O) groups is 1. The smallest absolute Gasteiger partial charge is 0.274 e. The van der Waals surface area contributed by atoms with Crippen molar-refractivity contribution in [3.05, 3.63) is 40.3 Å². The van der Waals surface area contributed by atoms with Crippen LogP contribution in [0.3, 0.4) is 0 Å². The summed E-state index contributed by atoms with van der Waals surface area (Å²) in [5.41, 5.74) is 0.0620. The van der Waals surface area contributed by atoms with Crippen LogP contribution in [0.15, 0.2) is 29.1 Å². The Balaban J connectivity index is 1.90. The third-order valence-electron chi connectivity index (χ3n) is 3.69. The molecule has 2 heterocycles. The van der Waals surface area contributed by atoms with Gasteiger partial charge in [0.2, 0.25) is 0 Å². The van der Waals surface area contributed by atoms with Crippen LogP contribution in [0.5, 0.6) is 0 Å². The van der Waals surface area contributed by atoms with Crippen LogP contribution in [-0.4, -0.2) is 34.9 Å². The van der Waals surface area contributed by atoms with Crippen LogP contribution in [0.4, 0.5) is 0 Å².